The van der Waals surface area contributed by atoms with Crippen LogP contribution in [0.3, 0.4) is 0 Å². The summed E-state index contributed by atoms with van der Waals surface area (Å²) in [4.78, 5) is 24.7. The molecule has 0 fully saturated rings. The summed E-state index contributed by atoms with van der Waals surface area (Å²) in [6.07, 6.45) is 0. The van der Waals surface area contributed by atoms with Crippen molar-refractivity contribution in [3.05, 3.63) is 90.0 Å². The molecule has 154 valence electrons. The maximum absolute atomic E-state index is 12.4. The predicted molar refractivity (Wildman–Crippen MR) is 120 cm³/mol. The van der Waals surface area contributed by atoms with Crippen molar-refractivity contribution < 1.29 is 14.3 Å². The van der Waals surface area contributed by atoms with Crippen molar-refractivity contribution in [3.63, 3.8) is 0 Å². The number of carbonyl (C=O) groups is 2. The van der Waals surface area contributed by atoms with E-state index in [2.05, 4.69) is 31.4 Å². The Morgan fingerprint density at radius 3 is 2.13 bits per heavy atom. The van der Waals surface area contributed by atoms with Crippen molar-refractivity contribution in [1.82, 2.24) is 0 Å². The highest BCUT2D eigenvalue weighted by Gasteiger charge is 2.13. The number of carbonyl (C=O) groups excluding carboxylic acids is 2. The smallest absolute Gasteiger partial charge is 0.262 e. The number of nitrogens with one attached hydrogen (secondary N) is 2. The summed E-state index contributed by atoms with van der Waals surface area (Å²) in [7, 11) is 0. The molecule has 0 atom stereocenters. The van der Waals surface area contributed by atoms with E-state index >= 15 is 0 Å². The summed E-state index contributed by atoms with van der Waals surface area (Å²) in [6.45, 7) is 6.31. The molecule has 0 aliphatic heterocycles. The second-order valence-corrected chi connectivity index (χ2v) is 8.01. The average Bonchev–Trinajstić information content (AvgIpc) is 2.73. The van der Waals surface area contributed by atoms with E-state index in [4.69, 9.17) is 4.74 Å². The molecule has 3 rings (SSSR count). The first-order valence-corrected chi connectivity index (χ1v) is 9.81. The van der Waals surface area contributed by atoms with Gasteiger partial charge in [0.1, 0.15) is 5.75 Å². The molecule has 0 unspecified atom stereocenters. The maximum Gasteiger partial charge on any atom is 0.262 e. The van der Waals surface area contributed by atoms with Crippen LogP contribution in [0.1, 0.15) is 36.7 Å². The second kappa shape index (κ2) is 9.27. The van der Waals surface area contributed by atoms with Crippen molar-refractivity contribution in [2.24, 2.45) is 0 Å². The van der Waals surface area contributed by atoms with Crippen LogP contribution >= 0.6 is 0 Å². The third-order valence-corrected chi connectivity index (χ3v) is 4.53. The van der Waals surface area contributed by atoms with E-state index in [-0.39, 0.29) is 23.8 Å². The Balaban J connectivity index is 1.55. The van der Waals surface area contributed by atoms with Gasteiger partial charge >= 0.3 is 0 Å². The maximum atomic E-state index is 12.4. The fourth-order valence-corrected chi connectivity index (χ4v) is 2.86. The van der Waals surface area contributed by atoms with Gasteiger partial charge < -0.3 is 15.4 Å². The highest BCUT2D eigenvalue weighted by molar-refractivity contribution is 6.05. The van der Waals surface area contributed by atoms with Gasteiger partial charge in [-0.1, -0.05) is 57.2 Å². The number of anilines is 2. The van der Waals surface area contributed by atoms with Crippen molar-refractivity contribution in [2.45, 2.75) is 26.2 Å². The van der Waals surface area contributed by atoms with Crippen LogP contribution in [0.15, 0.2) is 78.9 Å². The Labute approximate surface area is 177 Å². The molecule has 0 radical (unpaired) electrons. The highest BCUT2D eigenvalue weighted by Crippen LogP contribution is 2.24. The van der Waals surface area contributed by atoms with Crippen molar-refractivity contribution in [3.8, 4) is 5.75 Å². The van der Waals surface area contributed by atoms with Crippen molar-refractivity contribution >= 4 is 23.2 Å². The van der Waals surface area contributed by atoms with Crippen LogP contribution in [0.2, 0.25) is 0 Å². The number of hydrogen-bond acceptors (Lipinski definition) is 3. The molecular weight excluding hydrogens is 376 g/mol. The minimum Gasteiger partial charge on any atom is -0.484 e. The van der Waals surface area contributed by atoms with Gasteiger partial charge in [0.05, 0.1) is 0 Å². The standard InChI is InChI=1S/C25H26N2O3/c1-25(2,3)19-12-14-22(15-13-19)30-17-23(28)26-21-11-7-8-18(16-21)24(29)27-20-9-5-4-6-10-20/h4-16H,17H2,1-3H3,(H,26,28)(H,27,29). The van der Waals surface area contributed by atoms with Crippen molar-refractivity contribution in [2.75, 3.05) is 17.2 Å². The van der Waals surface area contributed by atoms with E-state index in [1.807, 2.05) is 54.6 Å². The monoisotopic (exact) mass is 402 g/mol. The Bertz CT molecular complexity index is 1010. The van der Waals surface area contributed by atoms with Crippen molar-refractivity contribution in [1.29, 1.82) is 0 Å². The molecule has 0 aliphatic rings. The van der Waals surface area contributed by atoms with E-state index in [1.54, 1.807) is 24.3 Å². The summed E-state index contributed by atoms with van der Waals surface area (Å²) in [5, 5.41) is 5.59. The molecule has 3 aromatic carbocycles. The van der Waals surface area contributed by atoms with Gasteiger partial charge in [-0.3, -0.25) is 9.59 Å². The Morgan fingerprint density at radius 2 is 1.47 bits per heavy atom. The number of hydrogen-bond donors (Lipinski definition) is 2. The van der Waals surface area contributed by atoms with E-state index in [9.17, 15) is 9.59 Å². The summed E-state index contributed by atoms with van der Waals surface area (Å²) >= 11 is 0. The van der Waals surface area contributed by atoms with Gasteiger partial charge in [0.2, 0.25) is 0 Å². The lowest BCUT2D eigenvalue weighted by Gasteiger charge is -2.19. The lowest BCUT2D eigenvalue weighted by atomic mass is 9.87. The number of rotatable bonds is 6. The third-order valence-electron chi connectivity index (χ3n) is 4.53. The number of amides is 2. The lowest BCUT2D eigenvalue weighted by Crippen LogP contribution is -2.20. The topological polar surface area (TPSA) is 67.4 Å². The zero-order valence-corrected chi connectivity index (χ0v) is 17.4. The largest absolute Gasteiger partial charge is 0.484 e. The van der Waals surface area contributed by atoms with Gasteiger partial charge in [0, 0.05) is 16.9 Å². The zero-order chi connectivity index (χ0) is 21.6. The quantitative estimate of drug-likeness (QED) is 0.591. The molecule has 5 heteroatoms. The summed E-state index contributed by atoms with van der Waals surface area (Å²) in [5.74, 6) is 0.0946. The van der Waals surface area contributed by atoms with E-state index < -0.39 is 0 Å². The molecule has 2 N–H and O–H groups in total. The Kier molecular flexibility index (Phi) is 6.52. The summed E-state index contributed by atoms with van der Waals surface area (Å²) in [6, 6.07) is 23.7. The van der Waals surface area contributed by atoms with Gasteiger partial charge in [-0.2, -0.15) is 0 Å². The van der Waals surface area contributed by atoms with Gasteiger partial charge in [-0.05, 0) is 53.4 Å². The predicted octanol–water partition coefficient (Wildman–Crippen LogP) is 5.25. The lowest BCUT2D eigenvalue weighted by molar-refractivity contribution is -0.118. The van der Waals surface area contributed by atoms with Gasteiger partial charge in [-0.25, -0.2) is 0 Å². The molecule has 30 heavy (non-hydrogen) atoms. The number of ether oxygens (including phenoxy) is 1. The first-order chi connectivity index (χ1) is 14.3. The summed E-state index contributed by atoms with van der Waals surface area (Å²) < 4.78 is 5.57. The first kappa shape index (κ1) is 21.1. The number of para-hydroxylation sites is 1. The van der Waals surface area contributed by atoms with E-state index in [0.717, 1.165) is 0 Å². The minimum absolute atomic E-state index is 0.0632. The van der Waals surface area contributed by atoms with Crippen LogP contribution in [-0.2, 0) is 10.2 Å². The Morgan fingerprint density at radius 1 is 0.800 bits per heavy atom. The van der Waals surface area contributed by atoms with Crippen LogP contribution in [0.25, 0.3) is 0 Å². The molecule has 0 heterocycles. The normalized spacial score (nSPS) is 10.9. The summed E-state index contributed by atoms with van der Waals surface area (Å²) in [5.41, 5.74) is 2.96. The average molecular weight is 402 g/mol. The highest BCUT2D eigenvalue weighted by atomic mass is 16.5. The molecule has 0 saturated heterocycles. The second-order valence-electron chi connectivity index (χ2n) is 8.01. The minimum atomic E-state index is -0.296. The van der Waals surface area contributed by atoms with Crippen LogP contribution < -0.4 is 15.4 Å². The molecule has 5 nitrogen and oxygen atoms in total. The SMILES string of the molecule is CC(C)(C)c1ccc(OCC(=O)Nc2cccc(C(=O)Nc3ccccc3)c2)cc1. The molecule has 2 amide bonds. The van der Waals surface area contributed by atoms with Crippen LogP contribution in [-0.4, -0.2) is 18.4 Å². The van der Waals surface area contributed by atoms with Gasteiger partial charge in [0.15, 0.2) is 6.61 Å². The molecule has 0 bridgehead atoms. The third kappa shape index (κ3) is 5.95. The fraction of sp³-hybridized carbons (Fsp3) is 0.200. The van der Waals surface area contributed by atoms with E-state index in [1.165, 1.54) is 5.56 Å². The number of benzene rings is 3. The zero-order valence-electron chi connectivity index (χ0n) is 17.4. The molecule has 0 saturated carbocycles. The van der Waals surface area contributed by atoms with Crippen LogP contribution in [0, 0.1) is 0 Å². The molecule has 3 aromatic rings. The van der Waals surface area contributed by atoms with E-state index in [0.29, 0.717) is 22.7 Å². The van der Waals surface area contributed by atoms with Crippen LogP contribution in [0.5, 0.6) is 5.75 Å². The van der Waals surface area contributed by atoms with Gasteiger partial charge in [0.25, 0.3) is 11.8 Å². The van der Waals surface area contributed by atoms with Gasteiger partial charge in [-0.15, -0.1) is 0 Å². The Hall–Kier alpha value is -3.60. The molecule has 0 spiro atoms. The molecule has 0 aromatic heterocycles. The molecule has 0 aliphatic carbocycles. The fourth-order valence-electron chi connectivity index (χ4n) is 2.86. The van der Waals surface area contributed by atoms with Crippen LogP contribution in [0.4, 0.5) is 11.4 Å². The molecular formula is C25H26N2O3. The first-order valence-electron chi connectivity index (χ1n) is 9.81.